The molecule has 1 heterocycles. The maximum absolute atomic E-state index is 13.2. The quantitative estimate of drug-likeness (QED) is 0.749. The van der Waals surface area contributed by atoms with Crippen molar-refractivity contribution < 1.29 is 26.4 Å². The minimum atomic E-state index is -4.79. The zero-order valence-corrected chi connectivity index (χ0v) is 17.2. The van der Waals surface area contributed by atoms with E-state index in [2.05, 4.69) is 5.32 Å². The van der Waals surface area contributed by atoms with Crippen molar-refractivity contribution in [3.8, 4) is 6.07 Å². The predicted molar refractivity (Wildman–Crippen MR) is 107 cm³/mol. The number of rotatable bonds is 5. The molecular weight excluding hydrogens is 431 g/mol. The van der Waals surface area contributed by atoms with Gasteiger partial charge in [-0.05, 0) is 42.7 Å². The van der Waals surface area contributed by atoms with Crippen LogP contribution in [0.15, 0.2) is 53.4 Å². The summed E-state index contributed by atoms with van der Waals surface area (Å²) >= 11 is 0. The molecule has 2 aromatic carbocycles. The fourth-order valence-electron chi connectivity index (χ4n) is 3.46. The minimum absolute atomic E-state index is 0.0479. The third-order valence-corrected chi connectivity index (χ3v) is 7.10. The molecule has 0 saturated carbocycles. The van der Waals surface area contributed by atoms with Crippen LogP contribution in [-0.4, -0.2) is 31.7 Å². The Morgan fingerprint density at radius 2 is 1.71 bits per heavy atom. The van der Waals surface area contributed by atoms with E-state index in [1.54, 1.807) is 24.3 Å². The molecule has 1 amide bonds. The molecule has 3 rings (SSSR count). The van der Waals surface area contributed by atoms with Gasteiger partial charge in [0.05, 0.1) is 22.9 Å². The number of hydrogen-bond acceptors (Lipinski definition) is 4. The number of nitriles is 1. The van der Waals surface area contributed by atoms with Crippen molar-refractivity contribution in [2.24, 2.45) is 5.92 Å². The maximum atomic E-state index is 13.2. The Bertz CT molecular complexity index is 1090. The van der Waals surface area contributed by atoms with Gasteiger partial charge in [-0.15, -0.1) is 0 Å². The van der Waals surface area contributed by atoms with Crippen molar-refractivity contribution in [1.82, 2.24) is 4.31 Å². The number of halogens is 3. The molecule has 1 aliphatic rings. The van der Waals surface area contributed by atoms with Crippen molar-refractivity contribution in [3.05, 3.63) is 59.7 Å². The molecule has 6 nitrogen and oxygen atoms in total. The molecule has 1 N–H and O–H groups in total. The molecule has 164 valence electrons. The molecule has 0 aliphatic carbocycles. The first-order valence-corrected chi connectivity index (χ1v) is 11.0. The summed E-state index contributed by atoms with van der Waals surface area (Å²) in [5, 5.41) is 11.4. The number of nitrogens with one attached hydrogen (secondary N) is 1. The van der Waals surface area contributed by atoms with Crippen LogP contribution in [0.2, 0.25) is 0 Å². The number of hydrogen-bond donors (Lipinski definition) is 1. The van der Waals surface area contributed by atoms with E-state index in [1.807, 2.05) is 6.07 Å². The number of carbonyl (C=O) groups excluding carboxylic acids is 1. The number of nitrogens with zero attached hydrogens (tertiary/aromatic N) is 2. The first-order chi connectivity index (χ1) is 14.6. The number of piperidine rings is 1. The predicted octanol–water partition coefficient (Wildman–Crippen LogP) is 3.81. The summed E-state index contributed by atoms with van der Waals surface area (Å²) in [6.07, 6.45) is -4.12. The van der Waals surface area contributed by atoms with E-state index in [0.29, 0.717) is 5.69 Å². The summed E-state index contributed by atoms with van der Waals surface area (Å²) in [4.78, 5) is 11.7. The first-order valence-electron chi connectivity index (χ1n) is 9.56. The smallest absolute Gasteiger partial charge is 0.326 e. The van der Waals surface area contributed by atoms with Gasteiger partial charge >= 0.3 is 6.18 Å². The molecular formula is C21H20F3N3O3S. The average Bonchev–Trinajstić information content (AvgIpc) is 2.75. The lowest BCUT2D eigenvalue weighted by Gasteiger charge is -2.31. The minimum Gasteiger partial charge on any atom is -0.326 e. The summed E-state index contributed by atoms with van der Waals surface area (Å²) < 4.78 is 66.3. The number of benzene rings is 2. The molecule has 0 spiro atoms. The van der Waals surface area contributed by atoms with Gasteiger partial charge < -0.3 is 5.32 Å². The van der Waals surface area contributed by atoms with Crippen LogP contribution in [0.4, 0.5) is 18.9 Å². The van der Waals surface area contributed by atoms with Crippen LogP contribution in [0, 0.1) is 17.2 Å². The van der Waals surface area contributed by atoms with Crippen LogP contribution in [0.1, 0.15) is 24.0 Å². The van der Waals surface area contributed by atoms with Gasteiger partial charge in [0, 0.05) is 24.7 Å². The molecule has 1 aliphatic heterocycles. The Hall–Kier alpha value is -2.90. The number of alkyl halides is 3. The summed E-state index contributed by atoms with van der Waals surface area (Å²) in [7, 11) is -4.34. The van der Waals surface area contributed by atoms with E-state index in [9.17, 15) is 26.4 Å². The highest BCUT2D eigenvalue weighted by Gasteiger charge is 2.40. The Morgan fingerprint density at radius 3 is 2.29 bits per heavy atom. The van der Waals surface area contributed by atoms with Crippen LogP contribution >= 0.6 is 0 Å². The van der Waals surface area contributed by atoms with Crippen molar-refractivity contribution >= 4 is 21.6 Å². The van der Waals surface area contributed by atoms with Crippen LogP contribution in [0.25, 0.3) is 0 Å². The van der Waals surface area contributed by atoms with E-state index in [-0.39, 0.29) is 38.3 Å². The molecule has 0 radical (unpaired) electrons. The zero-order chi connectivity index (χ0) is 22.6. The van der Waals surface area contributed by atoms with E-state index >= 15 is 0 Å². The number of carbonyl (C=O) groups is 1. The van der Waals surface area contributed by atoms with Crippen LogP contribution in [0.3, 0.4) is 0 Å². The normalized spacial score (nSPS) is 15.9. The first kappa shape index (κ1) is 22.8. The lowest BCUT2D eigenvalue weighted by Crippen LogP contribution is -2.41. The SMILES string of the molecule is N#CCc1ccc(NC(=O)C2CCN(S(=O)(=O)c3ccccc3C(F)(F)F)CC2)cc1. The van der Waals surface area contributed by atoms with Gasteiger partial charge in [0.25, 0.3) is 0 Å². The summed E-state index contributed by atoms with van der Waals surface area (Å²) in [5.74, 6) is -0.733. The van der Waals surface area contributed by atoms with E-state index < -0.39 is 32.6 Å². The monoisotopic (exact) mass is 451 g/mol. The Balaban J connectivity index is 1.65. The van der Waals surface area contributed by atoms with Crippen LogP contribution in [-0.2, 0) is 27.4 Å². The zero-order valence-electron chi connectivity index (χ0n) is 16.4. The maximum Gasteiger partial charge on any atom is 0.417 e. The summed E-state index contributed by atoms with van der Waals surface area (Å²) in [6.45, 7) is -0.0958. The van der Waals surface area contributed by atoms with Crippen molar-refractivity contribution in [3.63, 3.8) is 0 Å². The van der Waals surface area contributed by atoms with Crippen LogP contribution < -0.4 is 5.32 Å². The topological polar surface area (TPSA) is 90.3 Å². The third-order valence-electron chi connectivity index (χ3n) is 5.14. The Morgan fingerprint density at radius 1 is 1.10 bits per heavy atom. The lowest BCUT2D eigenvalue weighted by molar-refractivity contribution is -0.139. The standard InChI is InChI=1S/C21H20F3N3O3S/c22-21(23,24)18-3-1-2-4-19(18)31(29,30)27-13-10-16(11-14-27)20(28)26-17-7-5-15(6-8-17)9-12-25/h1-8,16H,9-11,13-14H2,(H,26,28). The molecule has 2 aromatic rings. The summed E-state index contributed by atoms with van der Waals surface area (Å²) in [6, 6.07) is 12.9. The largest absolute Gasteiger partial charge is 0.417 e. The van der Waals surface area contributed by atoms with Crippen LogP contribution in [0.5, 0.6) is 0 Å². The lowest BCUT2D eigenvalue weighted by atomic mass is 9.97. The highest BCUT2D eigenvalue weighted by atomic mass is 32.2. The van der Waals surface area contributed by atoms with E-state index in [1.165, 1.54) is 6.07 Å². The molecule has 1 fully saturated rings. The molecule has 1 saturated heterocycles. The van der Waals surface area contributed by atoms with Crippen molar-refractivity contribution in [2.45, 2.75) is 30.3 Å². The number of amides is 1. The number of sulfonamides is 1. The van der Waals surface area contributed by atoms with E-state index in [4.69, 9.17) is 5.26 Å². The van der Waals surface area contributed by atoms with Gasteiger partial charge in [0.15, 0.2) is 0 Å². The second kappa shape index (κ2) is 9.08. The molecule has 0 atom stereocenters. The van der Waals surface area contributed by atoms with Gasteiger partial charge in [-0.3, -0.25) is 4.79 Å². The summed E-state index contributed by atoms with van der Waals surface area (Å²) in [5.41, 5.74) is 0.175. The van der Waals surface area contributed by atoms with Gasteiger partial charge in [-0.1, -0.05) is 24.3 Å². The second-order valence-corrected chi connectivity index (χ2v) is 9.10. The third kappa shape index (κ3) is 5.24. The van der Waals surface area contributed by atoms with E-state index in [0.717, 1.165) is 28.1 Å². The fraction of sp³-hybridized carbons (Fsp3) is 0.333. The van der Waals surface area contributed by atoms with Gasteiger partial charge in [0.2, 0.25) is 15.9 Å². The van der Waals surface area contributed by atoms with Gasteiger partial charge in [-0.25, -0.2) is 8.42 Å². The van der Waals surface area contributed by atoms with Crippen molar-refractivity contribution in [2.75, 3.05) is 18.4 Å². The second-order valence-electron chi connectivity index (χ2n) is 7.19. The molecule has 31 heavy (non-hydrogen) atoms. The Labute approximate surface area is 178 Å². The molecule has 10 heteroatoms. The molecule has 0 unspecified atom stereocenters. The van der Waals surface area contributed by atoms with Crippen molar-refractivity contribution in [1.29, 1.82) is 5.26 Å². The fourth-order valence-corrected chi connectivity index (χ4v) is 5.15. The highest BCUT2D eigenvalue weighted by Crippen LogP contribution is 2.36. The number of anilines is 1. The van der Waals surface area contributed by atoms with Gasteiger partial charge in [-0.2, -0.15) is 22.7 Å². The molecule has 0 bridgehead atoms. The average molecular weight is 451 g/mol. The Kier molecular flexibility index (Phi) is 6.67. The molecule has 0 aromatic heterocycles. The highest BCUT2D eigenvalue weighted by molar-refractivity contribution is 7.89. The van der Waals surface area contributed by atoms with Gasteiger partial charge in [0.1, 0.15) is 0 Å².